The summed E-state index contributed by atoms with van der Waals surface area (Å²) < 4.78 is 0. The minimum absolute atomic E-state index is 0.277. The van der Waals surface area contributed by atoms with Gasteiger partial charge in [0.2, 0.25) is 5.91 Å². The number of piperidine rings is 1. The predicted octanol–water partition coefficient (Wildman–Crippen LogP) is 1.95. The first-order chi connectivity index (χ1) is 12.6. The quantitative estimate of drug-likeness (QED) is 0.815. The molecular formula is C20H30N4O2. The largest absolute Gasteiger partial charge is 0.351 e. The SMILES string of the molecule is NC(=O)NC(=O)CCN1CCCC1C1CCN(Cc2ccccc2)CC1. The zero-order valence-corrected chi connectivity index (χ0v) is 15.4. The number of carbonyl (C=O) groups is 2. The summed E-state index contributed by atoms with van der Waals surface area (Å²) in [5.74, 6) is 0.435. The van der Waals surface area contributed by atoms with Gasteiger partial charge in [0, 0.05) is 25.6 Å². The number of hydrogen-bond acceptors (Lipinski definition) is 4. The molecule has 6 heteroatoms. The number of rotatable bonds is 6. The van der Waals surface area contributed by atoms with E-state index in [9.17, 15) is 9.59 Å². The second-order valence-electron chi connectivity index (χ2n) is 7.51. The second-order valence-corrected chi connectivity index (χ2v) is 7.51. The molecule has 1 unspecified atom stereocenters. The molecule has 2 aliphatic rings. The lowest BCUT2D eigenvalue weighted by Crippen LogP contribution is -2.44. The van der Waals surface area contributed by atoms with Crippen LogP contribution in [0.15, 0.2) is 30.3 Å². The maximum Gasteiger partial charge on any atom is 0.318 e. The topological polar surface area (TPSA) is 78.7 Å². The first-order valence-electron chi connectivity index (χ1n) is 9.71. The summed E-state index contributed by atoms with van der Waals surface area (Å²) in [7, 11) is 0. The summed E-state index contributed by atoms with van der Waals surface area (Å²) in [6, 6.07) is 10.5. The van der Waals surface area contributed by atoms with Crippen LogP contribution < -0.4 is 11.1 Å². The minimum atomic E-state index is -0.765. The van der Waals surface area contributed by atoms with Crippen LogP contribution in [-0.4, -0.2) is 54.0 Å². The first-order valence-corrected chi connectivity index (χ1v) is 9.71. The van der Waals surface area contributed by atoms with Gasteiger partial charge in [0.1, 0.15) is 0 Å². The molecule has 3 N–H and O–H groups in total. The number of urea groups is 1. The Morgan fingerprint density at radius 3 is 2.50 bits per heavy atom. The van der Waals surface area contributed by atoms with Gasteiger partial charge in [0.15, 0.2) is 0 Å². The van der Waals surface area contributed by atoms with Crippen molar-refractivity contribution in [3.05, 3.63) is 35.9 Å². The molecule has 0 aromatic heterocycles. The Bertz CT molecular complexity index is 599. The highest BCUT2D eigenvalue weighted by atomic mass is 16.2. The van der Waals surface area contributed by atoms with E-state index in [-0.39, 0.29) is 5.91 Å². The Balaban J connectivity index is 1.44. The van der Waals surface area contributed by atoms with E-state index in [0.29, 0.717) is 24.9 Å². The zero-order valence-electron chi connectivity index (χ0n) is 15.4. The van der Waals surface area contributed by atoms with Crippen LogP contribution in [0.3, 0.4) is 0 Å². The third kappa shape index (κ3) is 5.29. The molecule has 6 nitrogen and oxygen atoms in total. The number of likely N-dealkylation sites (tertiary alicyclic amines) is 2. The van der Waals surface area contributed by atoms with Crippen LogP contribution in [0.2, 0.25) is 0 Å². The van der Waals surface area contributed by atoms with Crippen molar-refractivity contribution in [2.75, 3.05) is 26.2 Å². The standard InChI is InChI=1S/C20H30N4O2/c21-20(26)22-19(25)10-14-24-11-4-7-18(24)17-8-12-23(13-9-17)15-16-5-2-1-3-6-16/h1-3,5-6,17-18H,4,7-15H2,(H3,21,22,25,26). The van der Waals surface area contributed by atoms with Crippen molar-refractivity contribution in [2.45, 2.75) is 44.7 Å². The van der Waals surface area contributed by atoms with Crippen molar-refractivity contribution < 1.29 is 9.59 Å². The van der Waals surface area contributed by atoms with Gasteiger partial charge in [0.25, 0.3) is 0 Å². The Morgan fingerprint density at radius 2 is 1.81 bits per heavy atom. The number of primary amides is 1. The molecule has 0 spiro atoms. The number of benzene rings is 1. The molecule has 0 aliphatic carbocycles. The third-order valence-electron chi connectivity index (χ3n) is 5.73. The Kier molecular flexibility index (Phi) is 6.63. The Hall–Kier alpha value is -1.92. The van der Waals surface area contributed by atoms with Gasteiger partial charge in [-0.15, -0.1) is 0 Å². The molecular weight excluding hydrogens is 328 g/mol. The lowest BCUT2D eigenvalue weighted by atomic mass is 9.87. The molecule has 3 amide bonds. The molecule has 26 heavy (non-hydrogen) atoms. The fraction of sp³-hybridized carbons (Fsp3) is 0.600. The van der Waals surface area contributed by atoms with Gasteiger partial charge in [0.05, 0.1) is 0 Å². The van der Waals surface area contributed by atoms with Crippen molar-refractivity contribution in [1.29, 1.82) is 0 Å². The minimum Gasteiger partial charge on any atom is -0.351 e. The van der Waals surface area contributed by atoms with Crippen LogP contribution >= 0.6 is 0 Å². The molecule has 0 radical (unpaired) electrons. The summed E-state index contributed by atoms with van der Waals surface area (Å²) >= 11 is 0. The van der Waals surface area contributed by atoms with Gasteiger partial charge in [-0.05, 0) is 56.8 Å². The monoisotopic (exact) mass is 358 g/mol. The lowest BCUT2D eigenvalue weighted by molar-refractivity contribution is -0.120. The highest BCUT2D eigenvalue weighted by Gasteiger charge is 2.33. The van der Waals surface area contributed by atoms with E-state index in [1.165, 1.54) is 31.2 Å². The van der Waals surface area contributed by atoms with Gasteiger partial charge < -0.3 is 5.73 Å². The van der Waals surface area contributed by atoms with Crippen molar-refractivity contribution in [1.82, 2.24) is 15.1 Å². The maximum atomic E-state index is 11.7. The number of imide groups is 1. The van der Waals surface area contributed by atoms with Crippen molar-refractivity contribution >= 4 is 11.9 Å². The van der Waals surface area contributed by atoms with E-state index in [0.717, 1.165) is 26.2 Å². The second kappa shape index (κ2) is 9.14. The molecule has 2 aliphatic heterocycles. The third-order valence-corrected chi connectivity index (χ3v) is 5.73. The summed E-state index contributed by atoms with van der Waals surface area (Å²) in [6.07, 6.45) is 5.21. The van der Waals surface area contributed by atoms with Crippen LogP contribution in [0.1, 0.15) is 37.7 Å². The zero-order chi connectivity index (χ0) is 18.4. The summed E-state index contributed by atoms with van der Waals surface area (Å²) in [4.78, 5) is 27.4. The van der Waals surface area contributed by atoms with Gasteiger partial charge in [-0.1, -0.05) is 30.3 Å². The van der Waals surface area contributed by atoms with Crippen molar-refractivity contribution in [3.8, 4) is 0 Å². The molecule has 2 saturated heterocycles. The van der Waals surface area contributed by atoms with E-state index in [1.807, 2.05) is 0 Å². The van der Waals surface area contributed by atoms with E-state index in [1.54, 1.807) is 0 Å². The van der Waals surface area contributed by atoms with Crippen molar-refractivity contribution in [3.63, 3.8) is 0 Å². The maximum absolute atomic E-state index is 11.7. The van der Waals surface area contributed by atoms with Gasteiger partial charge in [-0.25, -0.2) is 4.79 Å². The molecule has 142 valence electrons. The molecule has 0 saturated carbocycles. The lowest BCUT2D eigenvalue weighted by Gasteiger charge is -2.38. The van der Waals surface area contributed by atoms with Crippen molar-refractivity contribution in [2.24, 2.45) is 11.7 Å². The van der Waals surface area contributed by atoms with Gasteiger partial charge >= 0.3 is 6.03 Å². The fourth-order valence-corrected chi connectivity index (χ4v) is 4.45. The summed E-state index contributed by atoms with van der Waals surface area (Å²) in [5.41, 5.74) is 6.38. The van der Waals surface area contributed by atoms with E-state index < -0.39 is 6.03 Å². The number of nitrogens with two attached hydrogens (primary N) is 1. The highest BCUT2D eigenvalue weighted by molar-refractivity contribution is 5.93. The number of nitrogens with one attached hydrogen (secondary N) is 1. The average Bonchev–Trinajstić information content (AvgIpc) is 3.09. The molecule has 3 rings (SSSR count). The van der Waals surface area contributed by atoms with E-state index in [2.05, 4.69) is 45.4 Å². The summed E-state index contributed by atoms with van der Waals surface area (Å²) in [5, 5.41) is 2.16. The molecule has 0 bridgehead atoms. The van der Waals surface area contributed by atoms with E-state index in [4.69, 9.17) is 5.73 Å². The first kappa shape index (κ1) is 18.9. The van der Waals surface area contributed by atoms with Crippen LogP contribution in [0.4, 0.5) is 4.79 Å². The van der Waals surface area contributed by atoms with Crippen LogP contribution in [0.5, 0.6) is 0 Å². The molecule has 1 aromatic rings. The normalized spacial score (nSPS) is 22.4. The van der Waals surface area contributed by atoms with Crippen LogP contribution in [0.25, 0.3) is 0 Å². The Labute approximate surface area is 155 Å². The fourth-order valence-electron chi connectivity index (χ4n) is 4.45. The number of carbonyl (C=O) groups excluding carboxylic acids is 2. The van der Waals surface area contributed by atoms with E-state index >= 15 is 0 Å². The van der Waals surface area contributed by atoms with Gasteiger partial charge in [-0.3, -0.25) is 19.9 Å². The van der Waals surface area contributed by atoms with Crippen LogP contribution in [0, 0.1) is 5.92 Å². The average molecular weight is 358 g/mol. The molecule has 1 aromatic carbocycles. The summed E-state index contributed by atoms with van der Waals surface area (Å²) in [6.45, 7) is 5.10. The molecule has 2 heterocycles. The number of nitrogens with zero attached hydrogens (tertiary/aromatic N) is 2. The smallest absolute Gasteiger partial charge is 0.318 e. The predicted molar refractivity (Wildman–Crippen MR) is 101 cm³/mol. The number of hydrogen-bond donors (Lipinski definition) is 2. The molecule has 2 fully saturated rings. The van der Waals surface area contributed by atoms with Crippen LogP contribution in [-0.2, 0) is 11.3 Å². The van der Waals surface area contributed by atoms with Gasteiger partial charge in [-0.2, -0.15) is 0 Å². The number of amides is 3. The Morgan fingerprint density at radius 1 is 1.08 bits per heavy atom. The highest BCUT2D eigenvalue weighted by Crippen LogP contribution is 2.31. The molecule has 1 atom stereocenters.